The van der Waals surface area contributed by atoms with Crippen molar-refractivity contribution >= 4 is 12.0 Å². The summed E-state index contributed by atoms with van der Waals surface area (Å²) in [6, 6.07) is 3.29. The van der Waals surface area contributed by atoms with Gasteiger partial charge in [0.05, 0.1) is 0 Å². The molecular formula is C18H27N3O4. The highest BCUT2D eigenvalue weighted by Crippen LogP contribution is 2.21. The van der Waals surface area contributed by atoms with Crippen molar-refractivity contribution in [2.45, 2.75) is 45.3 Å². The van der Waals surface area contributed by atoms with Crippen molar-refractivity contribution < 1.29 is 19.4 Å². The van der Waals surface area contributed by atoms with E-state index in [0.29, 0.717) is 25.9 Å². The van der Waals surface area contributed by atoms with Crippen LogP contribution in [0.3, 0.4) is 0 Å². The molecule has 0 aromatic carbocycles. The van der Waals surface area contributed by atoms with Crippen LogP contribution in [0.2, 0.25) is 0 Å². The number of carbonyl (C=O) groups excluding carboxylic acids is 2. The third-order valence-corrected chi connectivity index (χ3v) is 4.02. The Bertz CT molecular complexity index is 586. The Labute approximate surface area is 148 Å². The van der Waals surface area contributed by atoms with Crippen LogP contribution in [0.15, 0.2) is 24.5 Å². The highest BCUT2D eigenvalue weighted by atomic mass is 16.6. The van der Waals surface area contributed by atoms with E-state index in [2.05, 4.69) is 10.3 Å². The maximum atomic E-state index is 12.3. The van der Waals surface area contributed by atoms with Gasteiger partial charge in [0.15, 0.2) is 0 Å². The fourth-order valence-electron chi connectivity index (χ4n) is 2.62. The molecule has 2 atom stereocenters. The molecule has 1 aliphatic rings. The topological polar surface area (TPSA) is 91.8 Å². The van der Waals surface area contributed by atoms with Crippen LogP contribution in [-0.4, -0.2) is 58.3 Å². The van der Waals surface area contributed by atoms with Crippen LogP contribution in [0.4, 0.5) is 4.79 Å². The second-order valence-corrected chi connectivity index (χ2v) is 7.34. The molecule has 1 aromatic heterocycles. The van der Waals surface area contributed by atoms with E-state index >= 15 is 0 Å². The molecule has 2 heterocycles. The van der Waals surface area contributed by atoms with Crippen molar-refractivity contribution in [3.05, 3.63) is 30.1 Å². The Balaban J connectivity index is 1.81. The van der Waals surface area contributed by atoms with Gasteiger partial charge >= 0.3 is 6.09 Å². The summed E-state index contributed by atoms with van der Waals surface area (Å²) in [5, 5.41) is 12.4. The van der Waals surface area contributed by atoms with E-state index in [4.69, 9.17) is 4.74 Å². The van der Waals surface area contributed by atoms with Gasteiger partial charge in [-0.2, -0.15) is 0 Å². The maximum Gasteiger partial charge on any atom is 0.410 e. The number of pyridine rings is 1. The van der Waals surface area contributed by atoms with Gasteiger partial charge in [0.2, 0.25) is 5.91 Å². The van der Waals surface area contributed by atoms with Gasteiger partial charge in [0.25, 0.3) is 0 Å². The van der Waals surface area contributed by atoms with Crippen LogP contribution in [0, 0.1) is 5.92 Å². The number of nitrogens with one attached hydrogen (secondary N) is 1. The third-order valence-electron chi connectivity index (χ3n) is 4.02. The van der Waals surface area contributed by atoms with Crippen LogP contribution < -0.4 is 5.32 Å². The standard InChI is InChI=1S/C18H27N3O4/c1-18(2,3)25-17(24)21-8-6-15(21)16(23)20-11-14(12-22)9-13-5-4-7-19-10-13/h4-5,7,10,14-15,22H,6,8-9,11-12H2,1-3H3,(H,20,23)/t14-,15-/m1/s1. The zero-order chi connectivity index (χ0) is 18.4. The Morgan fingerprint density at radius 2 is 2.24 bits per heavy atom. The van der Waals surface area contributed by atoms with E-state index in [0.717, 1.165) is 5.56 Å². The molecule has 2 N–H and O–H groups in total. The first-order chi connectivity index (χ1) is 11.8. The molecule has 0 unspecified atom stereocenters. The molecule has 0 spiro atoms. The van der Waals surface area contributed by atoms with Crippen LogP contribution >= 0.6 is 0 Å². The zero-order valence-electron chi connectivity index (χ0n) is 15.1. The molecule has 7 heteroatoms. The normalized spacial score (nSPS) is 18.2. The minimum Gasteiger partial charge on any atom is -0.444 e. The van der Waals surface area contributed by atoms with Gasteiger partial charge in [-0.25, -0.2) is 4.79 Å². The Kier molecular flexibility index (Phi) is 6.36. The molecule has 1 aliphatic heterocycles. The average molecular weight is 349 g/mol. The fourth-order valence-corrected chi connectivity index (χ4v) is 2.62. The molecule has 1 fully saturated rings. The van der Waals surface area contributed by atoms with Gasteiger partial charge in [-0.3, -0.25) is 14.7 Å². The summed E-state index contributed by atoms with van der Waals surface area (Å²) in [6.45, 7) is 6.22. The largest absolute Gasteiger partial charge is 0.444 e. The maximum absolute atomic E-state index is 12.3. The van der Waals surface area contributed by atoms with Gasteiger partial charge < -0.3 is 15.2 Å². The Morgan fingerprint density at radius 1 is 1.48 bits per heavy atom. The van der Waals surface area contributed by atoms with Crippen molar-refractivity contribution in [2.24, 2.45) is 5.92 Å². The average Bonchev–Trinajstić information content (AvgIpc) is 2.49. The SMILES string of the molecule is CC(C)(C)OC(=O)N1CC[C@@H]1C(=O)NC[C@H](CO)Cc1cccnc1. The molecule has 7 nitrogen and oxygen atoms in total. The second kappa shape index (κ2) is 8.29. The predicted molar refractivity (Wildman–Crippen MR) is 92.9 cm³/mol. The second-order valence-electron chi connectivity index (χ2n) is 7.34. The number of amides is 2. The van der Waals surface area contributed by atoms with Crippen LogP contribution in [0.5, 0.6) is 0 Å². The number of carbonyl (C=O) groups is 2. The summed E-state index contributed by atoms with van der Waals surface area (Å²) in [4.78, 5) is 29.9. The monoisotopic (exact) mass is 349 g/mol. The van der Waals surface area contributed by atoms with Crippen molar-refractivity contribution in [2.75, 3.05) is 19.7 Å². The number of nitrogens with zero attached hydrogens (tertiary/aromatic N) is 2. The lowest BCUT2D eigenvalue weighted by atomic mass is 10.00. The zero-order valence-corrected chi connectivity index (χ0v) is 15.1. The van der Waals surface area contributed by atoms with E-state index in [-0.39, 0.29) is 18.4 Å². The Hall–Kier alpha value is -2.15. The van der Waals surface area contributed by atoms with E-state index in [1.165, 1.54) is 4.90 Å². The quantitative estimate of drug-likeness (QED) is 0.809. The number of aromatic nitrogens is 1. The minimum absolute atomic E-state index is 0.0321. The summed E-state index contributed by atoms with van der Waals surface area (Å²) in [5.74, 6) is -0.301. The van der Waals surface area contributed by atoms with Gasteiger partial charge in [-0.15, -0.1) is 0 Å². The van der Waals surface area contributed by atoms with E-state index in [1.54, 1.807) is 33.2 Å². The predicted octanol–water partition coefficient (Wildman–Crippen LogP) is 1.36. The number of ether oxygens (including phenoxy) is 1. The first kappa shape index (κ1) is 19.2. The molecule has 1 saturated heterocycles. The highest BCUT2D eigenvalue weighted by molar-refractivity contribution is 5.87. The molecular weight excluding hydrogens is 322 g/mol. The van der Waals surface area contributed by atoms with Gasteiger partial charge in [0, 0.05) is 38.0 Å². The summed E-state index contributed by atoms with van der Waals surface area (Å²) in [6.07, 6.45) is 4.23. The van der Waals surface area contributed by atoms with E-state index < -0.39 is 17.7 Å². The van der Waals surface area contributed by atoms with Crippen LogP contribution in [0.25, 0.3) is 0 Å². The summed E-state index contributed by atoms with van der Waals surface area (Å²) in [7, 11) is 0. The molecule has 0 radical (unpaired) electrons. The van der Waals surface area contributed by atoms with Gasteiger partial charge in [0.1, 0.15) is 11.6 Å². The molecule has 1 aromatic rings. The number of aliphatic hydroxyl groups excluding tert-OH is 1. The lowest BCUT2D eigenvalue weighted by Gasteiger charge is -2.40. The first-order valence-electron chi connectivity index (χ1n) is 8.57. The molecule has 0 bridgehead atoms. The minimum atomic E-state index is -0.584. The molecule has 0 aliphatic carbocycles. The smallest absolute Gasteiger partial charge is 0.410 e. The lowest BCUT2D eigenvalue weighted by Crippen LogP contribution is -2.59. The molecule has 2 amide bonds. The molecule has 138 valence electrons. The third kappa shape index (κ3) is 5.70. The summed E-state index contributed by atoms with van der Waals surface area (Å²) >= 11 is 0. The first-order valence-corrected chi connectivity index (χ1v) is 8.57. The fraction of sp³-hybridized carbons (Fsp3) is 0.611. The van der Waals surface area contributed by atoms with Gasteiger partial charge in [-0.05, 0) is 45.2 Å². The highest BCUT2D eigenvalue weighted by Gasteiger charge is 2.39. The number of likely N-dealkylation sites (tertiary alicyclic amines) is 1. The van der Waals surface area contributed by atoms with Crippen LogP contribution in [0.1, 0.15) is 32.8 Å². The number of hydrogen-bond acceptors (Lipinski definition) is 5. The summed E-state index contributed by atoms with van der Waals surface area (Å²) < 4.78 is 5.31. The number of rotatable bonds is 6. The molecule has 2 rings (SSSR count). The van der Waals surface area contributed by atoms with E-state index in [9.17, 15) is 14.7 Å². The van der Waals surface area contributed by atoms with Crippen LogP contribution in [-0.2, 0) is 16.0 Å². The van der Waals surface area contributed by atoms with Crippen molar-refractivity contribution in [3.63, 3.8) is 0 Å². The van der Waals surface area contributed by atoms with Crippen molar-refractivity contribution in [1.82, 2.24) is 15.2 Å². The van der Waals surface area contributed by atoms with Gasteiger partial charge in [-0.1, -0.05) is 6.07 Å². The van der Waals surface area contributed by atoms with Crippen molar-refractivity contribution in [3.8, 4) is 0 Å². The summed E-state index contributed by atoms with van der Waals surface area (Å²) in [5.41, 5.74) is 0.425. The van der Waals surface area contributed by atoms with E-state index in [1.807, 2.05) is 12.1 Å². The lowest BCUT2D eigenvalue weighted by molar-refractivity contribution is -0.130. The number of aliphatic hydroxyl groups is 1. The molecule has 25 heavy (non-hydrogen) atoms. The Morgan fingerprint density at radius 3 is 2.76 bits per heavy atom. The van der Waals surface area contributed by atoms with Crippen molar-refractivity contribution in [1.29, 1.82) is 0 Å². The molecule has 0 saturated carbocycles. The number of hydrogen-bond donors (Lipinski definition) is 2.